The summed E-state index contributed by atoms with van der Waals surface area (Å²) in [6, 6.07) is 13.4. The van der Waals surface area contributed by atoms with Gasteiger partial charge in [-0.2, -0.15) is 0 Å². The Morgan fingerprint density at radius 3 is 2.19 bits per heavy atom. The molecular formula is C23H27NO3. The lowest BCUT2D eigenvalue weighted by Gasteiger charge is -2.34. The number of hydrogen-bond acceptors (Lipinski definition) is 3. The number of carbonyl (C=O) groups is 2. The first-order valence-corrected chi connectivity index (χ1v) is 9.48. The van der Waals surface area contributed by atoms with E-state index in [1.165, 1.54) is 0 Å². The lowest BCUT2D eigenvalue weighted by Crippen LogP contribution is -2.49. The van der Waals surface area contributed by atoms with Crippen LogP contribution in [0.25, 0.3) is 0 Å². The quantitative estimate of drug-likeness (QED) is 0.772. The third-order valence-electron chi connectivity index (χ3n) is 5.17. The molecule has 27 heavy (non-hydrogen) atoms. The van der Waals surface area contributed by atoms with Crippen LogP contribution in [0, 0.1) is 0 Å². The number of hydrogen-bond donors (Lipinski definition) is 1. The molecule has 1 aliphatic rings. The molecule has 0 bridgehead atoms. The largest absolute Gasteiger partial charge is 0.445 e. The third kappa shape index (κ3) is 3.61. The van der Waals surface area contributed by atoms with Gasteiger partial charge in [0.05, 0.1) is 5.56 Å². The van der Waals surface area contributed by atoms with Crippen LogP contribution >= 0.6 is 0 Å². The second-order valence-corrected chi connectivity index (χ2v) is 8.03. The van der Waals surface area contributed by atoms with Crippen LogP contribution in [0.4, 0.5) is 5.69 Å². The number of benzene rings is 2. The van der Waals surface area contributed by atoms with Crippen LogP contribution in [-0.4, -0.2) is 17.5 Å². The fraction of sp³-hybridized carbons (Fsp3) is 0.391. The Bertz CT molecular complexity index is 859. The summed E-state index contributed by atoms with van der Waals surface area (Å²) in [4.78, 5) is 25.6. The van der Waals surface area contributed by atoms with Crippen molar-refractivity contribution in [2.24, 2.45) is 0 Å². The van der Waals surface area contributed by atoms with Gasteiger partial charge in [0.2, 0.25) is 0 Å². The van der Waals surface area contributed by atoms with Crippen molar-refractivity contribution in [2.45, 2.75) is 58.5 Å². The molecule has 0 saturated heterocycles. The van der Waals surface area contributed by atoms with E-state index in [9.17, 15) is 9.59 Å². The van der Waals surface area contributed by atoms with Gasteiger partial charge in [0.15, 0.2) is 5.60 Å². The van der Waals surface area contributed by atoms with Crippen LogP contribution < -0.4 is 5.32 Å². The Morgan fingerprint density at radius 2 is 1.59 bits per heavy atom. The van der Waals surface area contributed by atoms with Gasteiger partial charge in [-0.1, -0.05) is 64.1 Å². The maximum Gasteiger partial charge on any atom is 0.339 e. The maximum atomic E-state index is 13.2. The average Bonchev–Trinajstić information content (AvgIpc) is 2.61. The fourth-order valence-electron chi connectivity index (χ4n) is 3.60. The highest BCUT2D eigenvalue weighted by molar-refractivity contribution is 6.03. The van der Waals surface area contributed by atoms with E-state index in [4.69, 9.17) is 4.74 Å². The summed E-state index contributed by atoms with van der Waals surface area (Å²) in [6.45, 7) is 10.1. The molecule has 0 aliphatic carbocycles. The molecule has 4 heteroatoms. The highest BCUT2D eigenvalue weighted by atomic mass is 16.6. The maximum absolute atomic E-state index is 13.2. The summed E-state index contributed by atoms with van der Waals surface area (Å²) in [6.07, 6.45) is 0.363. The van der Waals surface area contributed by atoms with Crippen LogP contribution in [-0.2, 0) is 16.0 Å². The van der Waals surface area contributed by atoms with E-state index in [-0.39, 0.29) is 17.7 Å². The number of fused-ring (bicyclic) bond motifs is 1. The molecule has 0 aromatic heterocycles. The van der Waals surface area contributed by atoms with Crippen LogP contribution in [0.2, 0.25) is 0 Å². The van der Waals surface area contributed by atoms with Crippen molar-refractivity contribution in [1.29, 1.82) is 0 Å². The molecular weight excluding hydrogens is 338 g/mol. The van der Waals surface area contributed by atoms with Gasteiger partial charge >= 0.3 is 5.97 Å². The number of rotatable bonds is 4. The summed E-state index contributed by atoms with van der Waals surface area (Å²) in [5.74, 6) is -0.209. The first-order valence-electron chi connectivity index (χ1n) is 9.48. The highest BCUT2D eigenvalue weighted by Gasteiger charge is 2.43. The number of amides is 1. The van der Waals surface area contributed by atoms with Gasteiger partial charge in [0.1, 0.15) is 0 Å². The second-order valence-electron chi connectivity index (χ2n) is 8.03. The SMILES string of the molecule is CC(C)c1cccc(C(C)C)c1NC(=O)[C@@]1(C)Cc2ccccc2C(=O)O1. The smallest absolute Gasteiger partial charge is 0.339 e. The van der Waals surface area contributed by atoms with Gasteiger partial charge in [-0.15, -0.1) is 0 Å². The number of nitrogens with one attached hydrogen (secondary N) is 1. The normalized spacial score (nSPS) is 19.0. The number of anilines is 1. The Morgan fingerprint density at radius 1 is 1.00 bits per heavy atom. The molecule has 142 valence electrons. The summed E-state index contributed by atoms with van der Waals surface area (Å²) >= 11 is 0. The number of para-hydroxylation sites is 1. The zero-order chi connectivity index (χ0) is 19.8. The summed E-state index contributed by atoms with van der Waals surface area (Å²) in [5, 5.41) is 3.09. The predicted molar refractivity (Wildman–Crippen MR) is 107 cm³/mol. The van der Waals surface area contributed by atoms with Crippen LogP contribution in [0.5, 0.6) is 0 Å². The number of esters is 1. The van der Waals surface area contributed by atoms with Crippen molar-refractivity contribution in [3.63, 3.8) is 0 Å². The number of cyclic esters (lactones) is 1. The lowest BCUT2D eigenvalue weighted by atomic mass is 9.88. The van der Waals surface area contributed by atoms with E-state index < -0.39 is 11.6 Å². The summed E-state index contributed by atoms with van der Waals surface area (Å²) in [5.41, 5.74) is 3.15. The number of ether oxygens (including phenoxy) is 1. The zero-order valence-electron chi connectivity index (χ0n) is 16.6. The molecule has 0 radical (unpaired) electrons. The van der Waals surface area contributed by atoms with Gasteiger partial charge < -0.3 is 10.1 Å². The first-order chi connectivity index (χ1) is 12.7. The number of carbonyl (C=O) groups excluding carboxylic acids is 2. The molecule has 1 aliphatic heterocycles. The highest BCUT2D eigenvalue weighted by Crippen LogP contribution is 2.35. The van der Waals surface area contributed by atoms with Gasteiger partial charge in [-0.25, -0.2) is 4.79 Å². The molecule has 1 amide bonds. The van der Waals surface area contributed by atoms with Crippen molar-refractivity contribution < 1.29 is 14.3 Å². The molecule has 2 aromatic carbocycles. The first kappa shape index (κ1) is 19.2. The summed E-state index contributed by atoms with van der Waals surface area (Å²) < 4.78 is 5.58. The van der Waals surface area contributed by atoms with E-state index in [1.807, 2.05) is 30.3 Å². The summed E-state index contributed by atoms with van der Waals surface area (Å²) in [7, 11) is 0. The Labute approximate surface area is 160 Å². The topological polar surface area (TPSA) is 55.4 Å². The van der Waals surface area contributed by atoms with Gasteiger partial charge in [0.25, 0.3) is 5.91 Å². The van der Waals surface area contributed by atoms with E-state index in [1.54, 1.807) is 19.1 Å². The lowest BCUT2D eigenvalue weighted by molar-refractivity contribution is -0.134. The average molecular weight is 365 g/mol. The molecule has 4 nitrogen and oxygen atoms in total. The minimum Gasteiger partial charge on any atom is -0.445 e. The van der Waals surface area contributed by atoms with Crippen LogP contribution in [0.15, 0.2) is 42.5 Å². The van der Waals surface area contributed by atoms with E-state index >= 15 is 0 Å². The molecule has 1 N–H and O–H groups in total. The Balaban J connectivity index is 1.96. The molecule has 0 saturated carbocycles. The monoisotopic (exact) mass is 365 g/mol. The van der Waals surface area contributed by atoms with E-state index in [2.05, 4.69) is 33.0 Å². The van der Waals surface area contributed by atoms with Crippen molar-refractivity contribution in [3.05, 3.63) is 64.7 Å². The molecule has 2 aromatic rings. The van der Waals surface area contributed by atoms with Crippen LogP contribution in [0.1, 0.15) is 73.5 Å². The van der Waals surface area contributed by atoms with Crippen molar-refractivity contribution in [1.82, 2.24) is 0 Å². The Hall–Kier alpha value is -2.62. The molecule has 0 spiro atoms. The van der Waals surface area contributed by atoms with Crippen molar-refractivity contribution >= 4 is 17.6 Å². The van der Waals surface area contributed by atoms with Crippen molar-refractivity contribution in [3.8, 4) is 0 Å². The van der Waals surface area contributed by atoms with Gasteiger partial charge in [-0.3, -0.25) is 4.79 Å². The third-order valence-corrected chi connectivity index (χ3v) is 5.17. The van der Waals surface area contributed by atoms with Crippen molar-refractivity contribution in [2.75, 3.05) is 5.32 Å². The van der Waals surface area contributed by atoms with E-state index in [0.29, 0.717) is 12.0 Å². The molecule has 0 fully saturated rings. The van der Waals surface area contributed by atoms with E-state index in [0.717, 1.165) is 22.4 Å². The second kappa shape index (κ2) is 7.18. The molecule has 3 rings (SSSR count). The van der Waals surface area contributed by atoms with Gasteiger partial charge in [0, 0.05) is 12.1 Å². The molecule has 0 unspecified atom stereocenters. The minimum absolute atomic E-state index is 0.265. The standard InChI is InChI=1S/C23H27NO3/c1-14(2)17-11-8-12-18(15(3)4)20(17)24-22(26)23(5)13-16-9-6-7-10-19(16)21(25)27-23/h6-12,14-15H,13H2,1-5H3,(H,24,26)/t23-/m1/s1. The predicted octanol–water partition coefficient (Wildman–Crippen LogP) is 5.04. The molecule has 1 atom stereocenters. The fourth-order valence-corrected chi connectivity index (χ4v) is 3.60. The van der Waals surface area contributed by atoms with Crippen LogP contribution in [0.3, 0.4) is 0 Å². The molecule has 1 heterocycles. The minimum atomic E-state index is -1.23. The Kier molecular flexibility index (Phi) is 5.09. The zero-order valence-corrected chi connectivity index (χ0v) is 16.6. The van der Waals surface area contributed by atoms with Gasteiger partial charge in [-0.05, 0) is 41.5 Å².